The maximum Gasteiger partial charge on any atom is 0.242 e. The minimum absolute atomic E-state index is 0.0525. The summed E-state index contributed by atoms with van der Waals surface area (Å²) in [5.41, 5.74) is 1.88. The van der Waals surface area contributed by atoms with Crippen LogP contribution in [0.15, 0.2) is 60.9 Å². The SMILES string of the molecule is O=C(Cn1cnnn1)NC(c1ccccc1)c1cccc(Cl)c1. The van der Waals surface area contributed by atoms with Crippen molar-refractivity contribution in [1.82, 2.24) is 25.5 Å². The quantitative estimate of drug-likeness (QED) is 0.780. The minimum Gasteiger partial charge on any atom is -0.344 e. The van der Waals surface area contributed by atoms with E-state index in [2.05, 4.69) is 20.8 Å². The minimum atomic E-state index is -0.293. The topological polar surface area (TPSA) is 72.7 Å². The van der Waals surface area contributed by atoms with Gasteiger partial charge in [-0.15, -0.1) is 5.10 Å². The Labute approximate surface area is 138 Å². The number of tetrazole rings is 1. The number of aromatic nitrogens is 4. The molecule has 1 N–H and O–H groups in total. The van der Waals surface area contributed by atoms with Gasteiger partial charge in [-0.05, 0) is 33.7 Å². The predicted molar refractivity (Wildman–Crippen MR) is 85.7 cm³/mol. The zero-order valence-corrected chi connectivity index (χ0v) is 12.9. The molecule has 1 aromatic heterocycles. The average molecular weight is 328 g/mol. The van der Waals surface area contributed by atoms with Gasteiger partial charge in [-0.25, -0.2) is 4.68 Å². The Bertz CT molecular complexity index is 776. The third kappa shape index (κ3) is 3.92. The van der Waals surface area contributed by atoms with Crippen LogP contribution in [0.2, 0.25) is 5.02 Å². The van der Waals surface area contributed by atoms with Gasteiger partial charge in [-0.2, -0.15) is 0 Å². The van der Waals surface area contributed by atoms with Gasteiger partial charge in [0, 0.05) is 5.02 Å². The second-order valence-electron chi connectivity index (χ2n) is 4.97. The standard InChI is InChI=1S/C16H14ClN5O/c17-14-8-4-7-13(9-14)16(12-5-2-1-3-6-12)19-15(23)10-22-11-18-20-21-22/h1-9,11,16H,10H2,(H,19,23). The Hall–Kier alpha value is -2.73. The molecule has 0 fully saturated rings. The van der Waals surface area contributed by atoms with Crippen LogP contribution in [0.1, 0.15) is 17.2 Å². The molecule has 1 amide bonds. The van der Waals surface area contributed by atoms with Crippen LogP contribution in [-0.2, 0) is 11.3 Å². The van der Waals surface area contributed by atoms with Crippen LogP contribution in [0.5, 0.6) is 0 Å². The number of benzene rings is 2. The maximum atomic E-state index is 12.3. The number of rotatable bonds is 5. The van der Waals surface area contributed by atoms with Crippen molar-refractivity contribution in [2.45, 2.75) is 12.6 Å². The van der Waals surface area contributed by atoms with Crippen LogP contribution in [0, 0.1) is 0 Å². The van der Waals surface area contributed by atoms with Crippen molar-refractivity contribution in [2.24, 2.45) is 0 Å². The van der Waals surface area contributed by atoms with E-state index in [0.29, 0.717) is 5.02 Å². The van der Waals surface area contributed by atoms with Gasteiger partial charge >= 0.3 is 0 Å². The molecule has 1 atom stereocenters. The summed E-state index contributed by atoms with van der Waals surface area (Å²) >= 11 is 6.08. The summed E-state index contributed by atoms with van der Waals surface area (Å²) in [5.74, 6) is -0.189. The molecule has 23 heavy (non-hydrogen) atoms. The lowest BCUT2D eigenvalue weighted by Gasteiger charge is -2.20. The number of hydrogen-bond acceptors (Lipinski definition) is 4. The van der Waals surface area contributed by atoms with Crippen molar-refractivity contribution in [1.29, 1.82) is 0 Å². The second-order valence-corrected chi connectivity index (χ2v) is 5.41. The predicted octanol–water partition coefficient (Wildman–Crippen LogP) is 2.23. The van der Waals surface area contributed by atoms with E-state index >= 15 is 0 Å². The van der Waals surface area contributed by atoms with Crippen LogP contribution in [0.25, 0.3) is 0 Å². The monoisotopic (exact) mass is 327 g/mol. The normalized spacial score (nSPS) is 11.9. The molecule has 2 aromatic carbocycles. The summed E-state index contributed by atoms with van der Waals surface area (Å²) < 4.78 is 1.37. The first-order chi connectivity index (χ1) is 11.2. The van der Waals surface area contributed by atoms with Crippen LogP contribution in [0.3, 0.4) is 0 Å². The largest absolute Gasteiger partial charge is 0.344 e. The molecule has 0 aliphatic rings. The summed E-state index contributed by atoms with van der Waals surface area (Å²) in [6.45, 7) is 0.0525. The third-order valence-corrected chi connectivity index (χ3v) is 3.55. The van der Waals surface area contributed by atoms with Gasteiger partial charge in [0.05, 0.1) is 6.04 Å². The summed E-state index contributed by atoms with van der Waals surface area (Å²) in [5, 5.41) is 14.4. The van der Waals surface area contributed by atoms with E-state index in [0.717, 1.165) is 11.1 Å². The van der Waals surface area contributed by atoms with Crippen molar-refractivity contribution in [3.8, 4) is 0 Å². The fourth-order valence-corrected chi connectivity index (χ4v) is 2.50. The summed E-state index contributed by atoms with van der Waals surface area (Å²) in [6, 6.07) is 16.9. The van der Waals surface area contributed by atoms with Crippen molar-refractivity contribution in [3.05, 3.63) is 77.1 Å². The summed E-state index contributed by atoms with van der Waals surface area (Å²) in [6.07, 6.45) is 1.40. The highest BCUT2D eigenvalue weighted by Gasteiger charge is 2.17. The highest BCUT2D eigenvalue weighted by atomic mass is 35.5. The van der Waals surface area contributed by atoms with Gasteiger partial charge in [0.2, 0.25) is 5.91 Å². The molecule has 0 saturated carbocycles. The number of halogens is 1. The lowest BCUT2D eigenvalue weighted by molar-refractivity contribution is -0.122. The first-order valence-electron chi connectivity index (χ1n) is 7.03. The number of nitrogens with one attached hydrogen (secondary N) is 1. The van der Waals surface area contributed by atoms with E-state index in [9.17, 15) is 4.79 Å². The molecule has 0 aliphatic heterocycles. The molecule has 0 spiro atoms. The van der Waals surface area contributed by atoms with Crippen molar-refractivity contribution in [2.75, 3.05) is 0 Å². The fraction of sp³-hybridized carbons (Fsp3) is 0.125. The lowest BCUT2D eigenvalue weighted by Crippen LogP contribution is -2.32. The number of carbonyl (C=O) groups is 1. The summed E-state index contributed by atoms with van der Waals surface area (Å²) in [7, 11) is 0. The first-order valence-corrected chi connectivity index (χ1v) is 7.41. The van der Waals surface area contributed by atoms with E-state index in [4.69, 9.17) is 11.6 Å². The fourth-order valence-electron chi connectivity index (χ4n) is 2.30. The van der Waals surface area contributed by atoms with E-state index in [1.165, 1.54) is 11.0 Å². The molecule has 0 aliphatic carbocycles. The van der Waals surface area contributed by atoms with Crippen molar-refractivity contribution >= 4 is 17.5 Å². The molecule has 0 bridgehead atoms. The zero-order chi connectivity index (χ0) is 16.1. The molecule has 1 heterocycles. The molecular weight excluding hydrogens is 314 g/mol. The van der Waals surface area contributed by atoms with Gasteiger partial charge in [-0.1, -0.05) is 54.1 Å². The Morgan fingerprint density at radius 2 is 1.91 bits per heavy atom. The third-order valence-electron chi connectivity index (χ3n) is 3.32. The smallest absolute Gasteiger partial charge is 0.242 e. The summed E-state index contributed by atoms with van der Waals surface area (Å²) in [4.78, 5) is 12.3. The van der Waals surface area contributed by atoms with E-state index in [-0.39, 0.29) is 18.5 Å². The highest BCUT2D eigenvalue weighted by Crippen LogP contribution is 2.24. The molecule has 3 aromatic rings. The Balaban J connectivity index is 1.85. The molecule has 6 nitrogen and oxygen atoms in total. The van der Waals surface area contributed by atoms with Gasteiger partial charge in [-0.3, -0.25) is 4.79 Å². The number of amides is 1. The maximum absolute atomic E-state index is 12.3. The Morgan fingerprint density at radius 1 is 1.13 bits per heavy atom. The van der Waals surface area contributed by atoms with Gasteiger partial charge < -0.3 is 5.32 Å². The van der Waals surface area contributed by atoms with Gasteiger partial charge in [0.15, 0.2) is 0 Å². The second kappa shape index (κ2) is 7.02. The molecule has 7 heteroatoms. The number of nitrogens with zero attached hydrogens (tertiary/aromatic N) is 4. The van der Waals surface area contributed by atoms with Crippen LogP contribution < -0.4 is 5.32 Å². The molecule has 0 radical (unpaired) electrons. The number of hydrogen-bond donors (Lipinski definition) is 1. The zero-order valence-electron chi connectivity index (χ0n) is 12.1. The van der Waals surface area contributed by atoms with Crippen molar-refractivity contribution < 1.29 is 4.79 Å². The van der Waals surface area contributed by atoms with Gasteiger partial charge in [0.25, 0.3) is 0 Å². The highest BCUT2D eigenvalue weighted by molar-refractivity contribution is 6.30. The Kier molecular flexibility index (Phi) is 4.63. The molecule has 0 saturated heterocycles. The molecule has 116 valence electrons. The van der Waals surface area contributed by atoms with Crippen molar-refractivity contribution in [3.63, 3.8) is 0 Å². The van der Waals surface area contributed by atoms with E-state index in [1.54, 1.807) is 6.07 Å². The van der Waals surface area contributed by atoms with E-state index < -0.39 is 0 Å². The average Bonchev–Trinajstić information content (AvgIpc) is 3.06. The van der Waals surface area contributed by atoms with Crippen LogP contribution >= 0.6 is 11.6 Å². The lowest BCUT2D eigenvalue weighted by atomic mass is 9.98. The van der Waals surface area contributed by atoms with Crippen LogP contribution in [0.4, 0.5) is 0 Å². The molecule has 1 unspecified atom stereocenters. The van der Waals surface area contributed by atoms with Gasteiger partial charge in [0.1, 0.15) is 12.9 Å². The molecule has 3 rings (SSSR count). The van der Waals surface area contributed by atoms with Crippen LogP contribution in [-0.4, -0.2) is 26.1 Å². The first kappa shape index (κ1) is 15.2. The molecular formula is C16H14ClN5O. The van der Waals surface area contributed by atoms with E-state index in [1.807, 2.05) is 48.5 Å². The Morgan fingerprint density at radius 3 is 2.61 bits per heavy atom. The number of carbonyl (C=O) groups excluding carboxylic acids is 1.